The summed E-state index contributed by atoms with van der Waals surface area (Å²) >= 11 is 0. The molecule has 1 saturated carbocycles. The van der Waals surface area contributed by atoms with Gasteiger partial charge >= 0.3 is 5.97 Å². The second-order valence-electron chi connectivity index (χ2n) is 7.28. The van der Waals surface area contributed by atoms with Gasteiger partial charge < -0.3 is 20.3 Å². The highest BCUT2D eigenvalue weighted by Gasteiger charge is 2.34. The molecule has 2 atom stereocenters. The number of carboxylic acids is 1. The van der Waals surface area contributed by atoms with Crippen molar-refractivity contribution in [1.82, 2.24) is 4.57 Å². The van der Waals surface area contributed by atoms with Gasteiger partial charge in [0.15, 0.2) is 5.82 Å². The van der Waals surface area contributed by atoms with E-state index >= 15 is 4.39 Å². The van der Waals surface area contributed by atoms with Crippen molar-refractivity contribution < 1.29 is 18.7 Å². The van der Waals surface area contributed by atoms with Crippen molar-refractivity contribution in [2.24, 2.45) is 11.7 Å². The number of rotatable bonds is 3. The molecule has 26 heavy (non-hydrogen) atoms. The van der Waals surface area contributed by atoms with Crippen molar-refractivity contribution in [2.75, 3.05) is 18.0 Å². The first-order valence-electron chi connectivity index (χ1n) is 8.60. The molecule has 0 bridgehead atoms. The van der Waals surface area contributed by atoms with Crippen LogP contribution >= 0.6 is 0 Å². The van der Waals surface area contributed by atoms with E-state index in [2.05, 4.69) is 0 Å². The van der Waals surface area contributed by atoms with Gasteiger partial charge in [-0.05, 0) is 24.8 Å². The third kappa shape index (κ3) is 2.47. The van der Waals surface area contributed by atoms with Crippen LogP contribution in [-0.2, 0) is 0 Å². The Morgan fingerprint density at radius 1 is 1.31 bits per heavy atom. The summed E-state index contributed by atoms with van der Waals surface area (Å²) < 4.78 is 31.6. The Kier molecular flexibility index (Phi) is 3.76. The molecule has 0 amide bonds. The third-order valence-electron chi connectivity index (χ3n) is 5.34. The number of aromatic carboxylic acids is 1. The Labute approximate surface area is 147 Å². The van der Waals surface area contributed by atoms with E-state index in [4.69, 9.17) is 5.73 Å². The quantitative estimate of drug-likeness (QED) is 0.872. The molecule has 1 aliphatic heterocycles. The number of carboxylic acid groups (broad SMARTS) is 1. The molecule has 1 aliphatic carbocycles. The van der Waals surface area contributed by atoms with Crippen molar-refractivity contribution in [3.8, 4) is 0 Å². The number of anilines is 1. The average molecular weight is 363 g/mol. The van der Waals surface area contributed by atoms with Gasteiger partial charge in [-0.15, -0.1) is 0 Å². The normalized spacial score (nSPS) is 23.0. The van der Waals surface area contributed by atoms with Gasteiger partial charge in [-0.1, -0.05) is 6.92 Å². The molecule has 6 nitrogen and oxygen atoms in total. The van der Waals surface area contributed by atoms with E-state index in [0.717, 1.165) is 18.9 Å². The predicted octanol–water partition coefficient (Wildman–Crippen LogP) is 2.10. The molecule has 2 aromatic rings. The van der Waals surface area contributed by atoms with Gasteiger partial charge in [0.25, 0.3) is 0 Å². The number of carbonyl (C=O) groups is 1. The van der Waals surface area contributed by atoms with Crippen LogP contribution in [0, 0.1) is 17.6 Å². The SMILES string of the molecule is C[C@@H]1CN(c2c(F)cc3c(=O)c(C(=O)O)cn(C4CC4)c3c2F)C[C@H]1N. The van der Waals surface area contributed by atoms with Crippen molar-refractivity contribution in [3.63, 3.8) is 0 Å². The third-order valence-corrected chi connectivity index (χ3v) is 5.34. The van der Waals surface area contributed by atoms with Crippen LogP contribution in [0.15, 0.2) is 17.1 Å². The first-order chi connectivity index (χ1) is 12.3. The number of aromatic nitrogens is 1. The van der Waals surface area contributed by atoms with Gasteiger partial charge in [-0.3, -0.25) is 4.79 Å². The van der Waals surface area contributed by atoms with Gasteiger partial charge in [-0.2, -0.15) is 0 Å². The lowest BCUT2D eigenvalue weighted by molar-refractivity contribution is 0.0695. The summed E-state index contributed by atoms with van der Waals surface area (Å²) in [5, 5.41) is 9.01. The summed E-state index contributed by atoms with van der Waals surface area (Å²) in [7, 11) is 0. The summed E-state index contributed by atoms with van der Waals surface area (Å²) in [6, 6.07) is 0.684. The number of fused-ring (bicyclic) bond motifs is 1. The van der Waals surface area contributed by atoms with E-state index in [1.807, 2.05) is 6.92 Å². The van der Waals surface area contributed by atoms with Crippen LogP contribution in [0.1, 0.15) is 36.2 Å². The van der Waals surface area contributed by atoms with E-state index in [1.165, 1.54) is 10.8 Å². The number of hydrogen-bond acceptors (Lipinski definition) is 4. The van der Waals surface area contributed by atoms with E-state index in [1.54, 1.807) is 4.90 Å². The zero-order chi connectivity index (χ0) is 18.7. The maximum atomic E-state index is 15.4. The first kappa shape index (κ1) is 17.0. The summed E-state index contributed by atoms with van der Waals surface area (Å²) in [6.07, 6.45) is 2.69. The second kappa shape index (κ2) is 5.77. The highest BCUT2D eigenvalue weighted by atomic mass is 19.1. The molecule has 1 aromatic heterocycles. The number of nitrogens with two attached hydrogens (primary N) is 1. The number of hydrogen-bond donors (Lipinski definition) is 2. The maximum Gasteiger partial charge on any atom is 0.341 e. The highest BCUT2D eigenvalue weighted by Crippen LogP contribution is 2.40. The monoisotopic (exact) mass is 363 g/mol. The molecule has 4 rings (SSSR count). The van der Waals surface area contributed by atoms with E-state index < -0.39 is 28.6 Å². The number of nitrogens with zero attached hydrogens (tertiary/aromatic N) is 2. The molecular formula is C18H19F2N3O3. The molecule has 1 saturated heterocycles. The topological polar surface area (TPSA) is 88.6 Å². The lowest BCUT2D eigenvalue weighted by Gasteiger charge is -2.22. The molecule has 0 spiro atoms. The molecule has 3 N–H and O–H groups in total. The van der Waals surface area contributed by atoms with Gasteiger partial charge in [0.1, 0.15) is 17.1 Å². The lowest BCUT2D eigenvalue weighted by atomic mass is 10.1. The molecule has 0 unspecified atom stereocenters. The Morgan fingerprint density at radius 2 is 2.00 bits per heavy atom. The summed E-state index contributed by atoms with van der Waals surface area (Å²) in [6.45, 7) is 2.66. The zero-order valence-corrected chi connectivity index (χ0v) is 14.2. The summed E-state index contributed by atoms with van der Waals surface area (Å²) in [5.41, 5.74) is 4.39. The number of pyridine rings is 1. The molecular weight excluding hydrogens is 344 g/mol. The fourth-order valence-electron chi connectivity index (χ4n) is 3.69. The van der Waals surface area contributed by atoms with Crippen LogP contribution in [0.3, 0.4) is 0 Å². The zero-order valence-electron chi connectivity index (χ0n) is 14.2. The first-order valence-corrected chi connectivity index (χ1v) is 8.60. The minimum atomic E-state index is -1.41. The van der Waals surface area contributed by atoms with Crippen LogP contribution in [0.5, 0.6) is 0 Å². The van der Waals surface area contributed by atoms with Gasteiger partial charge in [0.05, 0.1) is 10.9 Å². The molecule has 2 heterocycles. The van der Waals surface area contributed by atoms with Crippen LogP contribution in [-0.4, -0.2) is 34.8 Å². The molecule has 1 aromatic carbocycles. The van der Waals surface area contributed by atoms with Crippen LogP contribution in [0.25, 0.3) is 10.9 Å². The van der Waals surface area contributed by atoms with Crippen molar-refractivity contribution in [1.29, 1.82) is 0 Å². The Bertz CT molecular complexity index is 974. The van der Waals surface area contributed by atoms with Gasteiger partial charge in [-0.25, -0.2) is 13.6 Å². The van der Waals surface area contributed by atoms with Gasteiger partial charge in [0, 0.05) is 31.4 Å². The van der Waals surface area contributed by atoms with E-state index in [9.17, 15) is 19.1 Å². The minimum Gasteiger partial charge on any atom is -0.477 e. The molecule has 138 valence electrons. The average Bonchev–Trinajstić information content (AvgIpc) is 3.35. The molecule has 0 radical (unpaired) electrons. The van der Waals surface area contributed by atoms with Crippen LogP contribution in [0.2, 0.25) is 0 Å². The molecule has 2 aliphatic rings. The van der Waals surface area contributed by atoms with Crippen molar-refractivity contribution in [3.05, 3.63) is 39.7 Å². The fraction of sp³-hybridized carbons (Fsp3) is 0.444. The summed E-state index contributed by atoms with van der Waals surface area (Å²) in [5.74, 6) is -3.03. The number of benzene rings is 1. The van der Waals surface area contributed by atoms with Crippen molar-refractivity contribution in [2.45, 2.75) is 31.8 Å². The van der Waals surface area contributed by atoms with Gasteiger partial charge in [0.2, 0.25) is 5.43 Å². The Morgan fingerprint density at radius 3 is 2.54 bits per heavy atom. The smallest absolute Gasteiger partial charge is 0.341 e. The summed E-state index contributed by atoms with van der Waals surface area (Å²) in [4.78, 5) is 25.4. The van der Waals surface area contributed by atoms with Crippen LogP contribution < -0.4 is 16.1 Å². The number of halogens is 2. The van der Waals surface area contributed by atoms with E-state index in [0.29, 0.717) is 13.1 Å². The van der Waals surface area contributed by atoms with E-state index in [-0.39, 0.29) is 34.6 Å². The predicted molar refractivity (Wildman–Crippen MR) is 92.7 cm³/mol. The lowest BCUT2D eigenvalue weighted by Crippen LogP contribution is -2.29. The standard InChI is InChI=1S/C18H19F2N3O3/c1-8-5-22(7-13(8)21)16-12(19)4-10-15(14(16)20)23(9-2-3-9)6-11(17(10)24)18(25)26/h4,6,8-9,13H,2-3,5,7,21H2,1H3,(H,25,26)/t8-,13-/m1/s1. The fourth-order valence-corrected chi connectivity index (χ4v) is 3.69. The van der Waals surface area contributed by atoms with Crippen LogP contribution in [0.4, 0.5) is 14.5 Å². The second-order valence-corrected chi connectivity index (χ2v) is 7.28. The van der Waals surface area contributed by atoms with Crippen molar-refractivity contribution >= 4 is 22.6 Å². The highest BCUT2D eigenvalue weighted by molar-refractivity contribution is 5.94. The Balaban J connectivity index is 2.00. The largest absolute Gasteiger partial charge is 0.477 e. The minimum absolute atomic E-state index is 0.0352. The molecule has 8 heteroatoms. The molecule has 2 fully saturated rings. The maximum absolute atomic E-state index is 15.4. The Hall–Kier alpha value is -2.48.